The second-order valence-electron chi connectivity index (χ2n) is 5.19. The number of nitrogens with two attached hydrogens (primary N) is 1. The first-order valence-corrected chi connectivity index (χ1v) is 6.11. The molecule has 2 fully saturated rings. The highest BCUT2D eigenvalue weighted by molar-refractivity contribution is 5.70. The van der Waals surface area contributed by atoms with E-state index in [1.807, 2.05) is 0 Å². The van der Waals surface area contributed by atoms with Crippen LogP contribution in [-0.4, -0.2) is 25.3 Å². The van der Waals surface area contributed by atoms with Gasteiger partial charge in [0.25, 0.3) is 0 Å². The molecule has 3 nitrogen and oxygen atoms in total. The predicted molar refractivity (Wildman–Crippen MR) is 58.5 cm³/mol. The van der Waals surface area contributed by atoms with E-state index in [4.69, 9.17) is 10.5 Å². The van der Waals surface area contributed by atoms with Crippen LogP contribution >= 0.6 is 0 Å². The fourth-order valence-electron chi connectivity index (χ4n) is 3.56. The van der Waals surface area contributed by atoms with E-state index in [0.29, 0.717) is 44.2 Å². The number of halogens is 1. The van der Waals surface area contributed by atoms with Gasteiger partial charge in [-0.1, -0.05) is 0 Å². The third-order valence-electron chi connectivity index (χ3n) is 4.30. The molecule has 16 heavy (non-hydrogen) atoms. The Labute approximate surface area is 95.5 Å². The number of ether oxygens (including phenoxy) is 1. The SMILES string of the molecule is CCOC(=O)C[C@@]1(CN)C[C@H]2C[C@H](F)C[C@H]21. The second kappa shape index (κ2) is 4.32. The van der Waals surface area contributed by atoms with Crippen LogP contribution in [0.5, 0.6) is 0 Å². The van der Waals surface area contributed by atoms with Crippen LogP contribution in [0.2, 0.25) is 0 Å². The Morgan fingerprint density at radius 2 is 2.31 bits per heavy atom. The number of fused-ring (bicyclic) bond motifs is 1. The zero-order chi connectivity index (χ0) is 11.8. The van der Waals surface area contributed by atoms with E-state index in [2.05, 4.69) is 0 Å². The molecule has 0 heterocycles. The summed E-state index contributed by atoms with van der Waals surface area (Å²) in [4.78, 5) is 11.5. The maximum Gasteiger partial charge on any atom is 0.306 e. The molecule has 2 aliphatic carbocycles. The van der Waals surface area contributed by atoms with Gasteiger partial charge in [-0.15, -0.1) is 0 Å². The lowest BCUT2D eigenvalue weighted by Crippen LogP contribution is -2.51. The fraction of sp³-hybridized carbons (Fsp3) is 0.917. The van der Waals surface area contributed by atoms with E-state index in [-0.39, 0.29) is 11.4 Å². The largest absolute Gasteiger partial charge is 0.466 e. The number of rotatable bonds is 4. The minimum atomic E-state index is -0.689. The van der Waals surface area contributed by atoms with Crippen molar-refractivity contribution in [1.29, 1.82) is 0 Å². The van der Waals surface area contributed by atoms with Gasteiger partial charge >= 0.3 is 5.97 Å². The maximum absolute atomic E-state index is 13.3. The number of carbonyl (C=O) groups is 1. The minimum Gasteiger partial charge on any atom is -0.466 e. The third-order valence-corrected chi connectivity index (χ3v) is 4.30. The van der Waals surface area contributed by atoms with Crippen LogP contribution in [0.3, 0.4) is 0 Å². The van der Waals surface area contributed by atoms with Gasteiger partial charge in [0.05, 0.1) is 13.0 Å². The summed E-state index contributed by atoms with van der Waals surface area (Å²) in [6.07, 6.45) is 1.82. The van der Waals surface area contributed by atoms with Crippen LogP contribution < -0.4 is 5.73 Å². The van der Waals surface area contributed by atoms with Crippen LogP contribution in [-0.2, 0) is 9.53 Å². The number of carbonyl (C=O) groups excluding carboxylic acids is 1. The van der Waals surface area contributed by atoms with Crippen LogP contribution in [0.15, 0.2) is 0 Å². The lowest BCUT2D eigenvalue weighted by atomic mass is 9.53. The lowest BCUT2D eigenvalue weighted by molar-refractivity contribution is -0.151. The molecule has 2 N–H and O–H groups in total. The van der Waals surface area contributed by atoms with E-state index >= 15 is 0 Å². The van der Waals surface area contributed by atoms with E-state index in [1.165, 1.54) is 0 Å². The average Bonchev–Trinajstić information content (AvgIpc) is 2.53. The van der Waals surface area contributed by atoms with Crippen molar-refractivity contribution in [1.82, 2.24) is 0 Å². The topological polar surface area (TPSA) is 52.3 Å². The highest BCUT2D eigenvalue weighted by Crippen LogP contribution is 2.60. The van der Waals surface area contributed by atoms with Crippen molar-refractivity contribution in [3.8, 4) is 0 Å². The molecule has 0 bridgehead atoms. The van der Waals surface area contributed by atoms with E-state index in [0.717, 1.165) is 6.42 Å². The number of alkyl halides is 1. The van der Waals surface area contributed by atoms with Crippen LogP contribution in [0, 0.1) is 17.3 Å². The zero-order valence-corrected chi connectivity index (χ0v) is 9.75. The Morgan fingerprint density at radius 3 is 2.88 bits per heavy atom. The molecule has 0 aromatic rings. The monoisotopic (exact) mass is 229 g/mol. The van der Waals surface area contributed by atoms with Crippen molar-refractivity contribution in [3.63, 3.8) is 0 Å². The van der Waals surface area contributed by atoms with Crippen molar-refractivity contribution in [3.05, 3.63) is 0 Å². The standard InChI is InChI=1S/C12H20FNO2/c1-2-16-11(15)6-12(7-14)5-8-3-9(13)4-10(8)12/h8-10H,2-7,14H2,1H3/t8-,9+,10-,12-/m1/s1. The normalized spacial score (nSPS) is 41.3. The lowest BCUT2D eigenvalue weighted by Gasteiger charge is -2.51. The molecule has 0 spiro atoms. The molecule has 0 unspecified atom stereocenters. The molecule has 0 amide bonds. The molecule has 0 aromatic carbocycles. The fourth-order valence-corrected chi connectivity index (χ4v) is 3.56. The summed E-state index contributed by atoms with van der Waals surface area (Å²) in [7, 11) is 0. The second-order valence-corrected chi connectivity index (χ2v) is 5.19. The van der Waals surface area contributed by atoms with Gasteiger partial charge in [0.15, 0.2) is 0 Å². The van der Waals surface area contributed by atoms with Gasteiger partial charge in [0.2, 0.25) is 0 Å². The number of hydrogen-bond acceptors (Lipinski definition) is 3. The third kappa shape index (κ3) is 1.83. The van der Waals surface area contributed by atoms with Gasteiger partial charge in [-0.2, -0.15) is 0 Å². The summed E-state index contributed by atoms with van der Waals surface area (Å²) >= 11 is 0. The van der Waals surface area contributed by atoms with E-state index in [9.17, 15) is 9.18 Å². The highest BCUT2D eigenvalue weighted by atomic mass is 19.1. The maximum atomic E-state index is 13.3. The average molecular weight is 229 g/mol. The Kier molecular flexibility index (Phi) is 3.19. The van der Waals surface area contributed by atoms with Crippen molar-refractivity contribution in [2.24, 2.45) is 23.0 Å². The predicted octanol–water partition coefficient (Wildman–Crippen LogP) is 1.65. The molecule has 0 radical (unpaired) electrons. The molecule has 4 heteroatoms. The zero-order valence-electron chi connectivity index (χ0n) is 9.75. The quantitative estimate of drug-likeness (QED) is 0.746. The van der Waals surface area contributed by atoms with Crippen molar-refractivity contribution >= 4 is 5.97 Å². The molecule has 2 rings (SSSR count). The van der Waals surface area contributed by atoms with Gasteiger partial charge in [-0.3, -0.25) is 4.79 Å². The summed E-state index contributed by atoms with van der Waals surface area (Å²) in [6.45, 7) is 2.67. The first-order valence-electron chi connectivity index (χ1n) is 6.11. The van der Waals surface area contributed by atoms with E-state index in [1.54, 1.807) is 6.92 Å². The summed E-state index contributed by atoms with van der Waals surface area (Å²) in [5.74, 6) is 0.568. The van der Waals surface area contributed by atoms with Crippen LogP contribution in [0.1, 0.15) is 32.6 Å². The van der Waals surface area contributed by atoms with Gasteiger partial charge in [0, 0.05) is 0 Å². The highest BCUT2D eigenvalue weighted by Gasteiger charge is 2.57. The number of hydrogen-bond donors (Lipinski definition) is 1. The number of esters is 1. The minimum absolute atomic E-state index is 0.169. The Hall–Kier alpha value is -0.640. The Morgan fingerprint density at radius 1 is 1.56 bits per heavy atom. The summed E-state index contributed by atoms with van der Waals surface area (Å²) in [5.41, 5.74) is 5.62. The molecule has 0 aliphatic heterocycles. The van der Waals surface area contributed by atoms with Gasteiger partial charge < -0.3 is 10.5 Å². The van der Waals surface area contributed by atoms with Crippen molar-refractivity contribution in [2.45, 2.75) is 38.8 Å². The van der Waals surface area contributed by atoms with Crippen molar-refractivity contribution < 1.29 is 13.9 Å². The molecule has 2 aliphatic rings. The Bertz CT molecular complexity index is 284. The van der Waals surface area contributed by atoms with Gasteiger partial charge in [-0.25, -0.2) is 4.39 Å². The summed E-state index contributed by atoms with van der Waals surface area (Å²) in [6, 6.07) is 0. The smallest absolute Gasteiger partial charge is 0.306 e. The van der Waals surface area contributed by atoms with Crippen LogP contribution in [0.4, 0.5) is 4.39 Å². The molecular formula is C12H20FNO2. The molecular weight excluding hydrogens is 209 g/mol. The summed E-state index contributed by atoms with van der Waals surface area (Å²) in [5, 5.41) is 0. The molecule has 2 saturated carbocycles. The molecule has 0 aromatic heterocycles. The first-order chi connectivity index (χ1) is 7.61. The first kappa shape index (κ1) is 11.8. The summed E-state index contributed by atoms with van der Waals surface area (Å²) < 4.78 is 18.2. The molecule has 4 atom stereocenters. The molecule has 0 saturated heterocycles. The Balaban J connectivity index is 1.97. The van der Waals surface area contributed by atoms with Crippen LogP contribution in [0.25, 0.3) is 0 Å². The van der Waals surface area contributed by atoms with E-state index < -0.39 is 6.17 Å². The van der Waals surface area contributed by atoms with Gasteiger partial charge in [-0.05, 0) is 50.0 Å². The van der Waals surface area contributed by atoms with Crippen molar-refractivity contribution in [2.75, 3.05) is 13.2 Å². The molecule has 92 valence electrons. The van der Waals surface area contributed by atoms with Gasteiger partial charge in [0.1, 0.15) is 6.17 Å².